The zero-order valence-corrected chi connectivity index (χ0v) is 13.5. The van der Waals surface area contributed by atoms with Crippen LogP contribution in [-0.2, 0) is 0 Å². The summed E-state index contributed by atoms with van der Waals surface area (Å²) >= 11 is 0. The lowest BCUT2D eigenvalue weighted by Gasteiger charge is -2.08. The summed E-state index contributed by atoms with van der Waals surface area (Å²) in [6, 6.07) is 8.42. The third-order valence-electron chi connectivity index (χ3n) is 3.50. The van der Waals surface area contributed by atoms with E-state index in [4.69, 9.17) is 0 Å². The van der Waals surface area contributed by atoms with Crippen molar-refractivity contribution in [2.24, 2.45) is 0 Å². The van der Waals surface area contributed by atoms with Gasteiger partial charge >= 0.3 is 0 Å². The Kier molecular flexibility index (Phi) is 4.84. The van der Waals surface area contributed by atoms with Gasteiger partial charge in [0.05, 0.1) is 4.92 Å². The maximum atomic E-state index is 12.9. The number of benzene rings is 2. The number of nitrogens with zero attached hydrogens (tertiary/aromatic N) is 4. The van der Waals surface area contributed by atoms with Crippen LogP contribution in [0.1, 0.15) is 20.7 Å². The van der Waals surface area contributed by atoms with Crippen molar-refractivity contribution in [2.45, 2.75) is 0 Å². The summed E-state index contributed by atoms with van der Waals surface area (Å²) in [5, 5.41) is 15.1. The molecule has 2 amide bonds. The number of nitrogens with one attached hydrogen (secondary N) is 2. The Labute approximate surface area is 150 Å². The normalized spacial score (nSPS) is 10.3. The van der Waals surface area contributed by atoms with E-state index in [1.807, 2.05) is 0 Å². The van der Waals surface area contributed by atoms with E-state index in [2.05, 4.69) is 20.9 Å². The second-order valence-electron chi connectivity index (χ2n) is 5.22. The third kappa shape index (κ3) is 3.92. The summed E-state index contributed by atoms with van der Waals surface area (Å²) in [6.45, 7) is 0. The van der Waals surface area contributed by atoms with Crippen molar-refractivity contribution in [3.63, 3.8) is 0 Å². The zero-order valence-electron chi connectivity index (χ0n) is 13.5. The van der Waals surface area contributed by atoms with E-state index in [9.17, 15) is 24.1 Å². The number of halogens is 1. The van der Waals surface area contributed by atoms with Crippen LogP contribution in [-0.4, -0.2) is 31.5 Å². The Bertz CT molecular complexity index is 1000. The van der Waals surface area contributed by atoms with Gasteiger partial charge in [0.1, 0.15) is 24.2 Å². The number of nitro groups is 1. The van der Waals surface area contributed by atoms with Gasteiger partial charge in [-0.2, -0.15) is 5.10 Å². The third-order valence-corrected chi connectivity index (χ3v) is 3.50. The standard InChI is InChI=1S/C16H11FN6O4/c17-12-4-1-10(2-5-12)15(24)20-21-16(25)11-3-6-13(14(7-11)23(26)27)22-9-18-8-19-22/h1-9H,(H,20,24)(H,21,25). The van der Waals surface area contributed by atoms with Crippen LogP contribution in [0.5, 0.6) is 0 Å². The predicted octanol–water partition coefficient (Wildman–Crippen LogP) is 1.39. The molecule has 2 N–H and O–H groups in total. The molecule has 1 aromatic heterocycles. The SMILES string of the molecule is O=C(NNC(=O)c1ccc(-n2cncn2)c([N+](=O)[O-])c1)c1ccc(F)cc1. The fraction of sp³-hybridized carbons (Fsp3) is 0. The Morgan fingerprint density at radius 2 is 1.67 bits per heavy atom. The van der Waals surface area contributed by atoms with Gasteiger partial charge in [-0.3, -0.25) is 30.6 Å². The summed E-state index contributed by atoms with van der Waals surface area (Å²) in [6.07, 6.45) is 2.50. The number of amides is 2. The van der Waals surface area contributed by atoms with E-state index in [1.165, 1.54) is 41.6 Å². The molecule has 3 rings (SSSR count). The minimum Gasteiger partial charge on any atom is -0.267 e. The molecular formula is C16H11FN6O4. The molecule has 0 aliphatic carbocycles. The van der Waals surface area contributed by atoms with Gasteiger partial charge in [0.25, 0.3) is 17.5 Å². The fourth-order valence-electron chi connectivity index (χ4n) is 2.20. The van der Waals surface area contributed by atoms with Crippen molar-refractivity contribution in [1.82, 2.24) is 25.6 Å². The lowest BCUT2D eigenvalue weighted by atomic mass is 10.1. The van der Waals surface area contributed by atoms with Gasteiger partial charge in [0.2, 0.25) is 0 Å². The summed E-state index contributed by atoms with van der Waals surface area (Å²) < 4.78 is 14.0. The Morgan fingerprint density at radius 3 is 2.26 bits per heavy atom. The highest BCUT2D eigenvalue weighted by Gasteiger charge is 2.19. The van der Waals surface area contributed by atoms with Gasteiger partial charge < -0.3 is 0 Å². The number of hydrazine groups is 1. The van der Waals surface area contributed by atoms with Crippen LogP contribution in [0, 0.1) is 15.9 Å². The maximum Gasteiger partial charge on any atom is 0.295 e. The molecule has 0 fully saturated rings. The van der Waals surface area contributed by atoms with Crippen LogP contribution in [0.15, 0.2) is 55.1 Å². The number of carbonyl (C=O) groups excluding carboxylic acids is 2. The highest BCUT2D eigenvalue weighted by atomic mass is 19.1. The molecule has 0 bridgehead atoms. The number of hydrogen-bond acceptors (Lipinski definition) is 6. The summed E-state index contributed by atoms with van der Waals surface area (Å²) in [5.41, 5.74) is 4.14. The molecule has 0 saturated carbocycles. The molecule has 0 radical (unpaired) electrons. The van der Waals surface area contributed by atoms with Gasteiger partial charge in [-0.05, 0) is 36.4 Å². The monoisotopic (exact) mass is 370 g/mol. The average molecular weight is 370 g/mol. The Morgan fingerprint density at radius 1 is 1.04 bits per heavy atom. The molecule has 27 heavy (non-hydrogen) atoms. The molecule has 136 valence electrons. The van der Waals surface area contributed by atoms with E-state index in [0.29, 0.717) is 0 Å². The quantitative estimate of drug-likeness (QED) is 0.527. The van der Waals surface area contributed by atoms with Crippen molar-refractivity contribution < 1.29 is 18.9 Å². The average Bonchev–Trinajstić information content (AvgIpc) is 3.20. The highest BCUT2D eigenvalue weighted by Crippen LogP contribution is 2.23. The van der Waals surface area contributed by atoms with Crippen LogP contribution in [0.2, 0.25) is 0 Å². The Hall–Kier alpha value is -4.15. The summed E-state index contributed by atoms with van der Waals surface area (Å²) in [4.78, 5) is 38.4. The molecule has 2 aromatic carbocycles. The first-order chi connectivity index (χ1) is 13.0. The number of rotatable bonds is 4. The largest absolute Gasteiger partial charge is 0.295 e. The maximum absolute atomic E-state index is 12.9. The van der Waals surface area contributed by atoms with E-state index in [-0.39, 0.29) is 22.5 Å². The molecular weight excluding hydrogens is 359 g/mol. The smallest absolute Gasteiger partial charge is 0.267 e. The van der Waals surface area contributed by atoms with E-state index >= 15 is 0 Å². The van der Waals surface area contributed by atoms with Crippen LogP contribution >= 0.6 is 0 Å². The lowest BCUT2D eigenvalue weighted by Crippen LogP contribution is -2.41. The minimum atomic E-state index is -0.765. The molecule has 0 atom stereocenters. The summed E-state index contributed by atoms with van der Waals surface area (Å²) in [5.74, 6) is -1.94. The minimum absolute atomic E-state index is 0.0510. The van der Waals surface area contributed by atoms with Crippen LogP contribution < -0.4 is 10.9 Å². The number of hydrogen-bond donors (Lipinski definition) is 2. The number of aromatic nitrogens is 3. The number of nitro benzene ring substituents is 1. The highest BCUT2D eigenvalue weighted by molar-refractivity contribution is 5.99. The number of carbonyl (C=O) groups is 2. The van der Waals surface area contributed by atoms with Crippen molar-refractivity contribution in [2.75, 3.05) is 0 Å². The van der Waals surface area contributed by atoms with Crippen LogP contribution in [0.4, 0.5) is 10.1 Å². The second kappa shape index (κ2) is 7.39. The molecule has 1 heterocycles. The lowest BCUT2D eigenvalue weighted by molar-refractivity contribution is -0.384. The molecule has 0 aliphatic heterocycles. The van der Waals surface area contributed by atoms with Gasteiger partial charge in [0, 0.05) is 17.2 Å². The van der Waals surface area contributed by atoms with Crippen LogP contribution in [0.3, 0.4) is 0 Å². The van der Waals surface area contributed by atoms with E-state index < -0.39 is 22.6 Å². The van der Waals surface area contributed by atoms with Crippen molar-refractivity contribution in [3.05, 3.63) is 82.2 Å². The van der Waals surface area contributed by atoms with E-state index in [1.54, 1.807) is 0 Å². The van der Waals surface area contributed by atoms with Gasteiger partial charge in [0.15, 0.2) is 0 Å². The van der Waals surface area contributed by atoms with Gasteiger partial charge in [-0.25, -0.2) is 14.1 Å². The van der Waals surface area contributed by atoms with Gasteiger partial charge in [-0.1, -0.05) is 0 Å². The first-order valence-electron chi connectivity index (χ1n) is 7.45. The van der Waals surface area contributed by atoms with Crippen molar-refractivity contribution in [3.8, 4) is 5.69 Å². The zero-order chi connectivity index (χ0) is 19.4. The van der Waals surface area contributed by atoms with Crippen molar-refractivity contribution in [1.29, 1.82) is 0 Å². The Balaban J connectivity index is 1.75. The first-order valence-corrected chi connectivity index (χ1v) is 7.45. The van der Waals surface area contributed by atoms with Crippen LogP contribution in [0.25, 0.3) is 5.69 Å². The summed E-state index contributed by atoms with van der Waals surface area (Å²) in [7, 11) is 0. The molecule has 0 unspecified atom stereocenters. The molecule has 11 heteroatoms. The second-order valence-corrected chi connectivity index (χ2v) is 5.22. The first kappa shape index (κ1) is 17.7. The molecule has 3 aromatic rings. The molecule has 0 spiro atoms. The van der Waals surface area contributed by atoms with Crippen molar-refractivity contribution >= 4 is 17.5 Å². The van der Waals surface area contributed by atoms with E-state index in [0.717, 1.165) is 18.2 Å². The van der Waals surface area contributed by atoms with Gasteiger partial charge in [-0.15, -0.1) is 0 Å². The molecule has 10 nitrogen and oxygen atoms in total. The fourth-order valence-corrected chi connectivity index (χ4v) is 2.20. The topological polar surface area (TPSA) is 132 Å². The molecule has 0 aliphatic rings. The predicted molar refractivity (Wildman–Crippen MR) is 89.3 cm³/mol. The molecule has 0 saturated heterocycles.